The van der Waals surface area contributed by atoms with Gasteiger partial charge in [0, 0.05) is 18.5 Å². The van der Waals surface area contributed by atoms with Crippen molar-refractivity contribution < 1.29 is 8.78 Å². The number of halogens is 3. The molecule has 0 fully saturated rings. The summed E-state index contributed by atoms with van der Waals surface area (Å²) in [5, 5.41) is 0. The molecule has 0 aliphatic carbocycles. The van der Waals surface area contributed by atoms with E-state index in [9.17, 15) is 8.78 Å². The van der Waals surface area contributed by atoms with Crippen LogP contribution in [-0.2, 0) is 0 Å². The third-order valence-electron chi connectivity index (χ3n) is 1.74. The Bertz CT molecular complexity index is 539. The lowest BCUT2D eigenvalue weighted by atomic mass is 10.3. The molecule has 2 nitrogen and oxygen atoms in total. The Hall–Kier alpha value is -1.33. The smallest absolute Gasteiger partial charge is 0.184 e. The van der Waals surface area contributed by atoms with Gasteiger partial charge in [-0.2, -0.15) is 0 Å². The summed E-state index contributed by atoms with van der Waals surface area (Å²) < 4.78 is 25.9. The predicted octanol–water partition coefficient (Wildman–Crippen LogP) is 3.83. The van der Waals surface area contributed by atoms with Crippen LogP contribution in [0, 0.1) is 11.6 Å². The number of aromatic nitrogens is 1. The molecule has 0 bridgehead atoms. The zero-order valence-electron chi connectivity index (χ0n) is 7.82. The first kappa shape index (κ1) is 11.2. The monoisotopic (exact) mass is 258 g/mol. The summed E-state index contributed by atoms with van der Waals surface area (Å²) in [5.74, 6) is -1.81. The van der Waals surface area contributed by atoms with Gasteiger partial charge in [0.1, 0.15) is 0 Å². The van der Waals surface area contributed by atoms with Crippen molar-refractivity contribution >= 4 is 34.8 Å². The molecule has 0 atom stereocenters. The Morgan fingerprint density at radius 1 is 1.31 bits per heavy atom. The topological polar surface area (TPSA) is 25.2 Å². The van der Waals surface area contributed by atoms with E-state index in [2.05, 4.69) is 9.98 Å². The van der Waals surface area contributed by atoms with E-state index >= 15 is 0 Å². The lowest BCUT2D eigenvalue weighted by Crippen LogP contribution is -1.81. The van der Waals surface area contributed by atoms with Crippen molar-refractivity contribution in [1.29, 1.82) is 0 Å². The largest absolute Gasteiger partial charge is 0.255 e. The van der Waals surface area contributed by atoms with Gasteiger partial charge in [-0.25, -0.2) is 13.8 Å². The van der Waals surface area contributed by atoms with Gasteiger partial charge in [0.15, 0.2) is 16.1 Å². The van der Waals surface area contributed by atoms with Gasteiger partial charge in [-0.05, 0) is 12.1 Å². The Labute approximate surface area is 99.2 Å². The van der Waals surface area contributed by atoms with Crippen molar-refractivity contribution in [2.45, 2.75) is 0 Å². The third kappa shape index (κ3) is 2.62. The summed E-state index contributed by atoms with van der Waals surface area (Å²) in [6.07, 6.45) is 3.05. The van der Waals surface area contributed by atoms with Crippen LogP contribution in [0.1, 0.15) is 4.88 Å². The molecule has 2 aromatic rings. The minimum absolute atomic E-state index is 0.337. The van der Waals surface area contributed by atoms with Crippen LogP contribution in [0.15, 0.2) is 29.4 Å². The number of benzene rings is 1. The van der Waals surface area contributed by atoms with Gasteiger partial charge in [0.25, 0.3) is 0 Å². The van der Waals surface area contributed by atoms with E-state index in [1.165, 1.54) is 23.6 Å². The number of nitrogens with zero attached hydrogens (tertiary/aromatic N) is 2. The van der Waals surface area contributed by atoms with Gasteiger partial charge in [0.05, 0.1) is 10.6 Å². The molecule has 1 aromatic carbocycles. The van der Waals surface area contributed by atoms with Crippen LogP contribution in [0.5, 0.6) is 0 Å². The maximum atomic E-state index is 12.8. The number of hydrogen-bond acceptors (Lipinski definition) is 3. The number of hydrogen-bond donors (Lipinski definition) is 0. The Morgan fingerprint density at radius 2 is 2.12 bits per heavy atom. The minimum atomic E-state index is -0.919. The molecular weight excluding hydrogens is 254 g/mol. The van der Waals surface area contributed by atoms with Crippen molar-refractivity contribution in [3.8, 4) is 0 Å². The van der Waals surface area contributed by atoms with Crippen LogP contribution < -0.4 is 0 Å². The lowest BCUT2D eigenvalue weighted by Gasteiger charge is -1.94. The van der Waals surface area contributed by atoms with E-state index in [1.807, 2.05) is 0 Å². The summed E-state index contributed by atoms with van der Waals surface area (Å²) in [6, 6.07) is 3.44. The zero-order chi connectivity index (χ0) is 11.5. The second kappa shape index (κ2) is 4.67. The van der Waals surface area contributed by atoms with Gasteiger partial charge in [0.2, 0.25) is 0 Å². The molecule has 0 amide bonds. The van der Waals surface area contributed by atoms with E-state index in [4.69, 9.17) is 11.6 Å². The molecule has 0 unspecified atom stereocenters. The van der Waals surface area contributed by atoms with Crippen molar-refractivity contribution in [3.63, 3.8) is 0 Å². The fourth-order valence-electron chi connectivity index (χ4n) is 1.03. The highest BCUT2D eigenvalue weighted by molar-refractivity contribution is 7.17. The van der Waals surface area contributed by atoms with Gasteiger partial charge < -0.3 is 0 Å². The van der Waals surface area contributed by atoms with Crippen molar-refractivity contribution in [3.05, 3.63) is 45.4 Å². The maximum absolute atomic E-state index is 12.8. The minimum Gasteiger partial charge on any atom is -0.255 e. The van der Waals surface area contributed by atoms with Crippen LogP contribution >= 0.6 is 22.9 Å². The molecule has 0 saturated carbocycles. The summed E-state index contributed by atoms with van der Waals surface area (Å²) in [7, 11) is 0. The van der Waals surface area contributed by atoms with Crippen LogP contribution in [0.3, 0.4) is 0 Å². The van der Waals surface area contributed by atoms with E-state index in [-0.39, 0.29) is 0 Å². The van der Waals surface area contributed by atoms with Crippen LogP contribution in [0.2, 0.25) is 4.47 Å². The molecule has 0 aliphatic rings. The van der Waals surface area contributed by atoms with Crippen molar-refractivity contribution in [1.82, 2.24) is 4.98 Å². The molecule has 82 valence electrons. The molecule has 1 heterocycles. The summed E-state index contributed by atoms with van der Waals surface area (Å²) in [6.45, 7) is 0. The first-order chi connectivity index (χ1) is 7.65. The predicted molar refractivity (Wildman–Crippen MR) is 60.7 cm³/mol. The molecule has 2 rings (SSSR count). The first-order valence-electron chi connectivity index (χ1n) is 4.25. The van der Waals surface area contributed by atoms with E-state index in [0.717, 1.165) is 17.0 Å². The van der Waals surface area contributed by atoms with E-state index < -0.39 is 11.6 Å². The van der Waals surface area contributed by atoms with Gasteiger partial charge in [-0.1, -0.05) is 11.6 Å². The quantitative estimate of drug-likeness (QED) is 0.752. The molecule has 0 aliphatic heterocycles. The summed E-state index contributed by atoms with van der Waals surface area (Å²) in [4.78, 5) is 8.54. The van der Waals surface area contributed by atoms with Gasteiger partial charge in [-0.3, -0.25) is 4.99 Å². The molecule has 1 aromatic heterocycles. The van der Waals surface area contributed by atoms with E-state index in [0.29, 0.717) is 10.2 Å². The first-order valence-corrected chi connectivity index (χ1v) is 5.45. The average Bonchev–Trinajstić information content (AvgIpc) is 2.66. The maximum Gasteiger partial charge on any atom is 0.184 e. The molecule has 0 spiro atoms. The Balaban J connectivity index is 2.20. The lowest BCUT2D eigenvalue weighted by molar-refractivity contribution is 0.509. The highest BCUT2D eigenvalue weighted by Crippen LogP contribution is 2.19. The second-order valence-corrected chi connectivity index (χ2v) is 4.52. The fraction of sp³-hybridized carbons (Fsp3) is 0. The van der Waals surface area contributed by atoms with E-state index in [1.54, 1.807) is 6.20 Å². The van der Waals surface area contributed by atoms with Crippen LogP contribution in [0.4, 0.5) is 14.5 Å². The Morgan fingerprint density at radius 3 is 2.75 bits per heavy atom. The van der Waals surface area contributed by atoms with Crippen LogP contribution in [-0.4, -0.2) is 11.2 Å². The molecule has 6 heteroatoms. The van der Waals surface area contributed by atoms with Crippen molar-refractivity contribution in [2.24, 2.45) is 4.99 Å². The zero-order valence-corrected chi connectivity index (χ0v) is 9.40. The highest BCUT2D eigenvalue weighted by atomic mass is 35.5. The second-order valence-electron chi connectivity index (χ2n) is 2.87. The normalized spacial score (nSPS) is 11.2. The number of rotatable bonds is 2. The molecular formula is C10H5ClF2N2S. The average molecular weight is 259 g/mol. The molecule has 0 N–H and O–H groups in total. The highest BCUT2D eigenvalue weighted by Gasteiger charge is 2.01. The standard InChI is InChI=1S/C10H5ClF2N2S/c11-10-15-5-7(16-10)4-14-6-1-2-8(12)9(13)3-6/h1-5H. The number of aliphatic imine (C=N–C) groups is 1. The molecule has 0 saturated heterocycles. The molecule has 0 radical (unpaired) electrons. The number of thiazole rings is 1. The van der Waals surface area contributed by atoms with Gasteiger partial charge in [-0.15, -0.1) is 11.3 Å². The summed E-state index contributed by atoms with van der Waals surface area (Å²) >= 11 is 6.88. The van der Waals surface area contributed by atoms with Crippen molar-refractivity contribution in [2.75, 3.05) is 0 Å². The molecule has 16 heavy (non-hydrogen) atoms. The van der Waals surface area contributed by atoms with Gasteiger partial charge >= 0.3 is 0 Å². The SMILES string of the molecule is Fc1ccc(N=Cc2cnc(Cl)s2)cc1F. The third-order valence-corrected chi connectivity index (χ3v) is 2.79. The van der Waals surface area contributed by atoms with Crippen LogP contribution in [0.25, 0.3) is 0 Å². The Kier molecular flexibility index (Phi) is 3.26. The fourth-order valence-corrected chi connectivity index (χ4v) is 1.85. The summed E-state index contributed by atoms with van der Waals surface area (Å²) in [5.41, 5.74) is 0.337.